The first-order chi connectivity index (χ1) is 9.65. The molecule has 0 aromatic heterocycles. The number of ether oxygens (including phenoxy) is 1. The van der Waals surface area contributed by atoms with Gasteiger partial charge in [0.15, 0.2) is 0 Å². The largest absolute Gasteiger partial charge is 0.492 e. The number of nitrogens with zero attached hydrogens (tertiary/aromatic N) is 1. The van der Waals surface area contributed by atoms with Crippen molar-refractivity contribution >= 4 is 0 Å². The third-order valence-corrected chi connectivity index (χ3v) is 3.93. The summed E-state index contributed by atoms with van der Waals surface area (Å²) in [5, 5.41) is 3.66. The molecule has 1 aliphatic rings. The van der Waals surface area contributed by atoms with Crippen LogP contribution >= 0.6 is 0 Å². The zero-order valence-corrected chi connectivity index (χ0v) is 13.0. The lowest BCUT2D eigenvalue weighted by atomic mass is 10.0. The molecule has 2 atom stereocenters. The van der Waals surface area contributed by atoms with Crippen molar-refractivity contribution in [1.82, 2.24) is 10.2 Å². The molecule has 1 heterocycles. The van der Waals surface area contributed by atoms with E-state index in [0.29, 0.717) is 12.1 Å². The fraction of sp³-hybridized carbons (Fsp3) is 0.647. The van der Waals surface area contributed by atoms with Crippen LogP contribution in [0.1, 0.15) is 27.2 Å². The summed E-state index contributed by atoms with van der Waals surface area (Å²) in [6.45, 7) is 10.9. The fourth-order valence-corrected chi connectivity index (χ4v) is 2.83. The number of benzene rings is 1. The highest BCUT2D eigenvalue weighted by Gasteiger charge is 2.24. The summed E-state index contributed by atoms with van der Waals surface area (Å²) >= 11 is 0. The van der Waals surface area contributed by atoms with E-state index in [-0.39, 0.29) is 0 Å². The molecule has 2 unspecified atom stereocenters. The minimum Gasteiger partial charge on any atom is -0.492 e. The second-order valence-corrected chi connectivity index (χ2v) is 6.24. The maximum absolute atomic E-state index is 5.81. The van der Waals surface area contributed by atoms with Crippen LogP contribution in [0.25, 0.3) is 0 Å². The quantitative estimate of drug-likeness (QED) is 0.864. The van der Waals surface area contributed by atoms with Gasteiger partial charge in [0.05, 0.1) is 0 Å². The van der Waals surface area contributed by atoms with Crippen LogP contribution in [0.15, 0.2) is 30.3 Å². The smallest absolute Gasteiger partial charge is 0.119 e. The maximum atomic E-state index is 5.81. The zero-order valence-electron chi connectivity index (χ0n) is 13.0. The van der Waals surface area contributed by atoms with Gasteiger partial charge in [-0.2, -0.15) is 0 Å². The van der Waals surface area contributed by atoms with Crippen LogP contribution in [0.2, 0.25) is 0 Å². The Kier molecular flexibility index (Phi) is 5.86. The van der Waals surface area contributed by atoms with Gasteiger partial charge in [-0.25, -0.2) is 0 Å². The molecule has 2 rings (SSSR count). The Morgan fingerprint density at radius 2 is 2.05 bits per heavy atom. The predicted molar refractivity (Wildman–Crippen MR) is 84.2 cm³/mol. The van der Waals surface area contributed by atoms with E-state index < -0.39 is 0 Å². The van der Waals surface area contributed by atoms with Crippen molar-refractivity contribution in [3.63, 3.8) is 0 Å². The van der Waals surface area contributed by atoms with E-state index in [1.807, 2.05) is 30.3 Å². The van der Waals surface area contributed by atoms with E-state index in [4.69, 9.17) is 4.74 Å². The average molecular weight is 276 g/mol. The molecule has 1 aromatic rings. The average Bonchev–Trinajstić information content (AvgIpc) is 2.43. The maximum Gasteiger partial charge on any atom is 0.119 e. The Balaban J connectivity index is 1.75. The number of piperazine rings is 1. The Morgan fingerprint density at radius 3 is 2.75 bits per heavy atom. The molecule has 1 saturated heterocycles. The Morgan fingerprint density at radius 1 is 1.30 bits per heavy atom. The second-order valence-electron chi connectivity index (χ2n) is 6.24. The monoisotopic (exact) mass is 276 g/mol. The van der Waals surface area contributed by atoms with Gasteiger partial charge >= 0.3 is 0 Å². The lowest BCUT2D eigenvalue weighted by molar-refractivity contribution is 0.112. The zero-order chi connectivity index (χ0) is 14.4. The molecule has 112 valence electrons. The SMILES string of the molecule is CC(C)CC1CN(CCOc2ccccc2)C(C)CN1. The van der Waals surface area contributed by atoms with Crippen molar-refractivity contribution < 1.29 is 4.74 Å². The number of hydrogen-bond donors (Lipinski definition) is 1. The van der Waals surface area contributed by atoms with Gasteiger partial charge in [0, 0.05) is 31.7 Å². The van der Waals surface area contributed by atoms with Crippen LogP contribution < -0.4 is 10.1 Å². The van der Waals surface area contributed by atoms with Crippen molar-refractivity contribution in [2.24, 2.45) is 5.92 Å². The van der Waals surface area contributed by atoms with E-state index >= 15 is 0 Å². The highest BCUT2D eigenvalue weighted by Crippen LogP contribution is 2.13. The summed E-state index contributed by atoms with van der Waals surface area (Å²) in [4.78, 5) is 2.55. The van der Waals surface area contributed by atoms with Crippen LogP contribution in [0.3, 0.4) is 0 Å². The third kappa shape index (κ3) is 4.80. The molecular formula is C17H28N2O. The molecule has 1 fully saturated rings. The van der Waals surface area contributed by atoms with Gasteiger partial charge in [0.2, 0.25) is 0 Å². The standard InChI is InChI=1S/C17H28N2O/c1-14(2)11-16-13-19(15(3)12-18-16)9-10-20-17-7-5-4-6-8-17/h4-8,14-16,18H,9-13H2,1-3H3. The normalized spacial score (nSPS) is 24.0. The molecular weight excluding hydrogens is 248 g/mol. The minimum atomic E-state index is 0.595. The third-order valence-electron chi connectivity index (χ3n) is 3.93. The first-order valence-electron chi connectivity index (χ1n) is 7.80. The molecule has 3 heteroatoms. The number of rotatable bonds is 6. The second kappa shape index (κ2) is 7.65. The summed E-state index contributed by atoms with van der Waals surface area (Å²) in [7, 11) is 0. The number of hydrogen-bond acceptors (Lipinski definition) is 3. The summed E-state index contributed by atoms with van der Waals surface area (Å²) in [5.41, 5.74) is 0. The van der Waals surface area contributed by atoms with Crippen molar-refractivity contribution in [2.45, 2.75) is 39.3 Å². The molecule has 0 aliphatic carbocycles. The summed E-state index contributed by atoms with van der Waals surface area (Å²) in [6, 6.07) is 11.3. The molecule has 20 heavy (non-hydrogen) atoms. The molecule has 0 bridgehead atoms. The lowest BCUT2D eigenvalue weighted by Gasteiger charge is -2.39. The van der Waals surface area contributed by atoms with Crippen molar-refractivity contribution in [3.8, 4) is 5.75 Å². The van der Waals surface area contributed by atoms with Gasteiger partial charge in [0.25, 0.3) is 0 Å². The van der Waals surface area contributed by atoms with Gasteiger partial charge in [0.1, 0.15) is 12.4 Å². The fourth-order valence-electron chi connectivity index (χ4n) is 2.83. The molecule has 3 nitrogen and oxygen atoms in total. The Hall–Kier alpha value is -1.06. The van der Waals surface area contributed by atoms with Crippen LogP contribution in [0.4, 0.5) is 0 Å². The van der Waals surface area contributed by atoms with Crippen molar-refractivity contribution in [2.75, 3.05) is 26.2 Å². The van der Waals surface area contributed by atoms with Crippen molar-refractivity contribution in [3.05, 3.63) is 30.3 Å². The van der Waals surface area contributed by atoms with Crippen LogP contribution in [-0.4, -0.2) is 43.2 Å². The van der Waals surface area contributed by atoms with Gasteiger partial charge in [-0.1, -0.05) is 32.0 Å². The predicted octanol–water partition coefficient (Wildman–Crippen LogP) is 2.77. The van der Waals surface area contributed by atoms with E-state index in [1.54, 1.807) is 0 Å². The summed E-state index contributed by atoms with van der Waals surface area (Å²) in [5.74, 6) is 1.72. The highest BCUT2D eigenvalue weighted by molar-refractivity contribution is 5.20. The van der Waals surface area contributed by atoms with Crippen LogP contribution in [0.5, 0.6) is 5.75 Å². The molecule has 1 aliphatic heterocycles. The number of para-hydroxylation sites is 1. The molecule has 1 aromatic carbocycles. The Labute approximate surface area is 123 Å². The van der Waals surface area contributed by atoms with E-state index in [9.17, 15) is 0 Å². The topological polar surface area (TPSA) is 24.5 Å². The van der Waals surface area contributed by atoms with Crippen LogP contribution in [-0.2, 0) is 0 Å². The minimum absolute atomic E-state index is 0.595. The Bertz CT molecular complexity index is 380. The van der Waals surface area contributed by atoms with E-state index in [0.717, 1.165) is 37.9 Å². The molecule has 0 spiro atoms. The first kappa shape index (κ1) is 15.3. The lowest BCUT2D eigenvalue weighted by Crippen LogP contribution is -2.56. The molecule has 0 radical (unpaired) electrons. The molecule has 1 N–H and O–H groups in total. The van der Waals surface area contributed by atoms with Gasteiger partial charge in [-0.05, 0) is 31.4 Å². The van der Waals surface area contributed by atoms with E-state index in [2.05, 4.69) is 31.0 Å². The van der Waals surface area contributed by atoms with Gasteiger partial charge in [-0.3, -0.25) is 4.90 Å². The molecule has 0 saturated carbocycles. The number of nitrogens with one attached hydrogen (secondary N) is 1. The van der Waals surface area contributed by atoms with Crippen LogP contribution in [0, 0.1) is 5.92 Å². The first-order valence-corrected chi connectivity index (χ1v) is 7.80. The summed E-state index contributed by atoms with van der Waals surface area (Å²) < 4.78 is 5.81. The van der Waals surface area contributed by atoms with E-state index in [1.165, 1.54) is 6.42 Å². The highest BCUT2D eigenvalue weighted by atomic mass is 16.5. The summed E-state index contributed by atoms with van der Waals surface area (Å²) in [6.07, 6.45) is 1.25. The molecule has 0 amide bonds. The van der Waals surface area contributed by atoms with Gasteiger partial charge < -0.3 is 10.1 Å². The van der Waals surface area contributed by atoms with Gasteiger partial charge in [-0.15, -0.1) is 0 Å². The van der Waals surface area contributed by atoms with Crippen molar-refractivity contribution in [1.29, 1.82) is 0 Å².